The van der Waals surface area contributed by atoms with Gasteiger partial charge in [0.05, 0.1) is 6.61 Å². The first-order valence-corrected chi connectivity index (χ1v) is 6.90. The molecule has 2 fully saturated rings. The Morgan fingerprint density at radius 2 is 2.05 bits per heavy atom. The van der Waals surface area contributed by atoms with Crippen molar-refractivity contribution in [2.45, 2.75) is 70.1 Å². The molecule has 1 unspecified atom stereocenters. The maximum Gasteiger partial charge on any atom is 0.190 e. The van der Waals surface area contributed by atoms with Crippen LogP contribution in [-0.2, 0) is 18.9 Å². The Hall–Kier alpha value is -0.240. The van der Waals surface area contributed by atoms with Gasteiger partial charge in [0.25, 0.3) is 0 Å². The molecule has 0 spiro atoms. The van der Waals surface area contributed by atoms with Gasteiger partial charge in [-0.2, -0.15) is 0 Å². The molecule has 5 atom stereocenters. The summed E-state index contributed by atoms with van der Waals surface area (Å²) < 4.78 is 22.8. The molecule has 0 amide bonds. The molecule has 2 aliphatic heterocycles. The van der Waals surface area contributed by atoms with Crippen LogP contribution in [0.4, 0.5) is 0 Å². The molecule has 2 N–H and O–H groups in total. The van der Waals surface area contributed by atoms with E-state index in [9.17, 15) is 5.11 Å². The van der Waals surface area contributed by atoms with Crippen LogP contribution in [-0.4, -0.2) is 59.9 Å². The molecule has 2 rings (SSSR count). The van der Waals surface area contributed by atoms with Gasteiger partial charge in [-0.3, -0.25) is 0 Å². The van der Waals surface area contributed by atoms with E-state index in [0.717, 1.165) is 12.8 Å². The lowest BCUT2D eigenvalue weighted by Crippen LogP contribution is -2.44. The van der Waals surface area contributed by atoms with Crippen LogP contribution in [0.15, 0.2) is 0 Å². The van der Waals surface area contributed by atoms with E-state index in [1.54, 1.807) is 0 Å². The van der Waals surface area contributed by atoms with Crippen LogP contribution >= 0.6 is 0 Å². The number of hydrogen-bond donors (Lipinski definition) is 2. The third-order valence-electron chi connectivity index (χ3n) is 3.40. The van der Waals surface area contributed by atoms with E-state index >= 15 is 0 Å². The van der Waals surface area contributed by atoms with Gasteiger partial charge in [-0.05, 0) is 20.3 Å². The van der Waals surface area contributed by atoms with Crippen LogP contribution in [0.5, 0.6) is 0 Å². The number of unbranched alkanes of at least 4 members (excludes halogenated alkanes) is 1. The van der Waals surface area contributed by atoms with E-state index in [4.69, 9.17) is 24.1 Å². The summed E-state index contributed by atoms with van der Waals surface area (Å²) in [5.74, 6) is -0.711. The van der Waals surface area contributed by atoms with E-state index in [-0.39, 0.29) is 12.7 Å². The number of fused-ring (bicyclic) bond motifs is 1. The van der Waals surface area contributed by atoms with Gasteiger partial charge in [0.1, 0.15) is 24.4 Å². The average molecular weight is 276 g/mol. The maximum absolute atomic E-state index is 9.80. The van der Waals surface area contributed by atoms with Crippen molar-refractivity contribution in [3.05, 3.63) is 0 Å². The highest BCUT2D eigenvalue weighted by Gasteiger charge is 2.56. The lowest BCUT2D eigenvalue weighted by Gasteiger charge is -2.27. The van der Waals surface area contributed by atoms with Gasteiger partial charge < -0.3 is 29.2 Å². The first-order valence-electron chi connectivity index (χ1n) is 6.90. The fourth-order valence-corrected chi connectivity index (χ4v) is 2.47. The lowest BCUT2D eigenvalue weighted by atomic mass is 10.1. The van der Waals surface area contributed by atoms with Gasteiger partial charge in [0, 0.05) is 6.61 Å². The molecule has 19 heavy (non-hydrogen) atoms. The van der Waals surface area contributed by atoms with E-state index in [1.807, 2.05) is 13.8 Å². The predicted molar refractivity (Wildman–Crippen MR) is 66.4 cm³/mol. The van der Waals surface area contributed by atoms with Crippen LogP contribution in [0.25, 0.3) is 0 Å². The summed E-state index contributed by atoms with van der Waals surface area (Å²) in [4.78, 5) is 0. The zero-order chi connectivity index (χ0) is 14.0. The largest absolute Gasteiger partial charge is 0.394 e. The highest BCUT2D eigenvalue weighted by atomic mass is 16.8. The second-order valence-corrected chi connectivity index (χ2v) is 5.51. The molecule has 0 aromatic rings. The third-order valence-corrected chi connectivity index (χ3v) is 3.40. The molecular formula is C13H24O6. The van der Waals surface area contributed by atoms with Gasteiger partial charge in [-0.15, -0.1) is 0 Å². The second-order valence-electron chi connectivity index (χ2n) is 5.51. The lowest BCUT2D eigenvalue weighted by molar-refractivity contribution is -0.231. The Morgan fingerprint density at radius 3 is 2.68 bits per heavy atom. The summed E-state index contributed by atoms with van der Waals surface area (Å²) in [5.41, 5.74) is 0. The molecular weight excluding hydrogens is 252 g/mol. The zero-order valence-electron chi connectivity index (χ0n) is 11.7. The standard InChI is InChI=1S/C13H24O6/c1-4-5-6-16-10-9(8(15)7-14)17-12-11(10)18-13(2,3)19-12/h8-12,14-15H,4-7H2,1-3H3/t8-,9-,10+,11-,12?/m1/s1. The van der Waals surface area contributed by atoms with Crippen molar-refractivity contribution in [3.63, 3.8) is 0 Å². The highest BCUT2D eigenvalue weighted by Crippen LogP contribution is 2.39. The zero-order valence-corrected chi connectivity index (χ0v) is 11.7. The average Bonchev–Trinajstić information content (AvgIpc) is 2.82. The van der Waals surface area contributed by atoms with Gasteiger partial charge in [0.2, 0.25) is 0 Å². The molecule has 0 saturated carbocycles. The number of ether oxygens (including phenoxy) is 4. The molecule has 112 valence electrons. The van der Waals surface area contributed by atoms with Crippen molar-refractivity contribution in [1.29, 1.82) is 0 Å². The molecule has 2 heterocycles. The highest BCUT2D eigenvalue weighted by molar-refractivity contribution is 4.96. The van der Waals surface area contributed by atoms with Crippen molar-refractivity contribution >= 4 is 0 Å². The molecule has 2 saturated heterocycles. The molecule has 6 heteroatoms. The van der Waals surface area contributed by atoms with Gasteiger partial charge >= 0.3 is 0 Å². The Labute approximate surface area is 113 Å². The van der Waals surface area contributed by atoms with E-state index in [1.165, 1.54) is 0 Å². The molecule has 0 aromatic carbocycles. The normalized spacial score (nSPS) is 38.4. The fourth-order valence-electron chi connectivity index (χ4n) is 2.47. The first kappa shape index (κ1) is 15.2. The van der Waals surface area contributed by atoms with E-state index < -0.39 is 30.4 Å². The Morgan fingerprint density at radius 1 is 1.32 bits per heavy atom. The van der Waals surface area contributed by atoms with Gasteiger partial charge in [-0.25, -0.2) is 0 Å². The van der Waals surface area contributed by atoms with Gasteiger partial charge in [0.15, 0.2) is 12.1 Å². The van der Waals surface area contributed by atoms with E-state index in [2.05, 4.69) is 6.92 Å². The quantitative estimate of drug-likeness (QED) is 0.684. The van der Waals surface area contributed by atoms with Crippen molar-refractivity contribution in [1.82, 2.24) is 0 Å². The number of rotatable bonds is 6. The molecule has 0 aliphatic carbocycles. The van der Waals surface area contributed by atoms with E-state index in [0.29, 0.717) is 6.61 Å². The summed E-state index contributed by atoms with van der Waals surface area (Å²) in [6, 6.07) is 0. The predicted octanol–water partition coefficient (Wildman–Crippen LogP) is 0.401. The van der Waals surface area contributed by atoms with Gasteiger partial charge in [-0.1, -0.05) is 13.3 Å². The Kier molecular flexibility index (Phi) is 4.81. The smallest absolute Gasteiger partial charge is 0.190 e. The monoisotopic (exact) mass is 276 g/mol. The molecule has 0 radical (unpaired) electrons. The van der Waals surface area contributed by atoms with Crippen LogP contribution in [0, 0.1) is 0 Å². The van der Waals surface area contributed by atoms with Crippen LogP contribution < -0.4 is 0 Å². The summed E-state index contributed by atoms with van der Waals surface area (Å²) >= 11 is 0. The Bertz CT molecular complexity index is 295. The molecule has 6 nitrogen and oxygen atoms in total. The fraction of sp³-hybridized carbons (Fsp3) is 1.00. The topological polar surface area (TPSA) is 77.4 Å². The minimum absolute atomic E-state index is 0.363. The number of aliphatic hydroxyl groups excluding tert-OH is 2. The summed E-state index contributed by atoms with van der Waals surface area (Å²) in [6.07, 6.45) is -0.982. The van der Waals surface area contributed by atoms with Crippen molar-refractivity contribution in [3.8, 4) is 0 Å². The SMILES string of the molecule is CCCCO[C@H]1[C@@H]([C@H](O)CO)OC2OC(C)(C)O[C@@H]21. The third kappa shape index (κ3) is 3.26. The molecule has 2 aliphatic rings. The minimum Gasteiger partial charge on any atom is -0.394 e. The minimum atomic E-state index is -0.993. The van der Waals surface area contributed by atoms with Crippen molar-refractivity contribution < 1.29 is 29.2 Å². The second kappa shape index (κ2) is 6.03. The Balaban J connectivity index is 2.02. The summed E-state index contributed by atoms with van der Waals surface area (Å²) in [6.45, 7) is 5.91. The number of hydrogen-bond acceptors (Lipinski definition) is 6. The summed E-state index contributed by atoms with van der Waals surface area (Å²) in [7, 11) is 0. The first-order chi connectivity index (χ1) is 8.98. The van der Waals surface area contributed by atoms with Crippen LogP contribution in [0.1, 0.15) is 33.6 Å². The molecule has 0 aromatic heterocycles. The van der Waals surface area contributed by atoms with Crippen LogP contribution in [0.3, 0.4) is 0 Å². The van der Waals surface area contributed by atoms with Crippen LogP contribution in [0.2, 0.25) is 0 Å². The number of aliphatic hydroxyl groups is 2. The maximum atomic E-state index is 9.80. The van der Waals surface area contributed by atoms with Crippen molar-refractivity contribution in [2.75, 3.05) is 13.2 Å². The summed E-state index contributed by atoms with van der Waals surface area (Å²) in [5, 5.41) is 18.9. The van der Waals surface area contributed by atoms with Crippen molar-refractivity contribution in [2.24, 2.45) is 0 Å². The molecule has 0 bridgehead atoms.